The Morgan fingerprint density at radius 2 is 1.97 bits per heavy atom. The summed E-state index contributed by atoms with van der Waals surface area (Å²) in [6, 6.07) is 15.5. The summed E-state index contributed by atoms with van der Waals surface area (Å²) < 4.78 is 6.87. The number of thioether (sulfide) groups is 1. The fraction of sp³-hybridized carbons (Fsp3) is 0.320. The van der Waals surface area contributed by atoms with Gasteiger partial charge >= 0.3 is 0 Å². The molecule has 7 heteroatoms. The summed E-state index contributed by atoms with van der Waals surface area (Å²) in [6.45, 7) is 5.93. The molecule has 0 aliphatic heterocycles. The van der Waals surface area contributed by atoms with Crippen molar-refractivity contribution in [3.8, 4) is 5.75 Å². The highest BCUT2D eigenvalue weighted by molar-refractivity contribution is 7.99. The number of ether oxygens (including phenoxy) is 1. The third-order valence-electron chi connectivity index (χ3n) is 5.91. The first kappa shape index (κ1) is 22.3. The van der Waals surface area contributed by atoms with E-state index in [1.54, 1.807) is 18.9 Å². The van der Waals surface area contributed by atoms with Crippen LogP contribution in [0.3, 0.4) is 0 Å². The van der Waals surface area contributed by atoms with Crippen LogP contribution in [0, 0.1) is 12.8 Å². The van der Waals surface area contributed by atoms with E-state index in [1.807, 2.05) is 57.2 Å². The Hall–Kier alpha value is -2.90. The molecule has 2 atom stereocenters. The van der Waals surface area contributed by atoms with E-state index >= 15 is 0 Å². The second-order valence-electron chi connectivity index (χ2n) is 8.04. The number of hydrogen-bond acceptors (Lipinski definition) is 6. The number of aromatic nitrogens is 3. The smallest absolute Gasteiger partial charge is 0.266 e. The number of fused-ring (bicyclic) bond motifs is 2. The van der Waals surface area contributed by atoms with E-state index in [0.717, 1.165) is 44.8 Å². The molecule has 0 radical (unpaired) electrons. The Morgan fingerprint density at radius 3 is 2.66 bits per heavy atom. The number of pyridine rings is 1. The van der Waals surface area contributed by atoms with Crippen LogP contribution in [0.4, 0.5) is 0 Å². The predicted octanol–water partition coefficient (Wildman–Crippen LogP) is 5.21. The first-order valence-electron chi connectivity index (χ1n) is 10.8. The van der Waals surface area contributed by atoms with E-state index in [0.29, 0.717) is 5.65 Å². The minimum absolute atomic E-state index is 0.0544. The molecule has 4 rings (SSSR count). The quantitative estimate of drug-likeness (QED) is 0.391. The zero-order valence-electron chi connectivity index (χ0n) is 18.8. The minimum atomic E-state index is -0.628. The summed E-state index contributed by atoms with van der Waals surface area (Å²) in [6.07, 6.45) is 0.819. The average molecular weight is 449 g/mol. The van der Waals surface area contributed by atoms with Crippen LogP contribution in [0.5, 0.6) is 5.75 Å². The van der Waals surface area contributed by atoms with E-state index in [-0.39, 0.29) is 11.8 Å². The van der Waals surface area contributed by atoms with Gasteiger partial charge in [0.2, 0.25) is 0 Å². The van der Waals surface area contributed by atoms with Crippen molar-refractivity contribution in [2.45, 2.75) is 43.9 Å². The molecule has 2 N–H and O–H groups in total. The van der Waals surface area contributed by atoms with E-state index in [1.165, 1.54) is 10.2 Å². The maximum absolute atomic E-state index is 13.2. The molecule has 32 heavy (non-hydrogen) atoms. The van der Waals surface area contributed by atoms with Crippen molar-refractivity contribution in [3.05, 3.63) is 59.8 Å². The third-order valence-corrected chi connectivity index (χ3v) is 7.11. The Bertz CT molecular complexity index is 1270. The maximum Gasteiger partial charge on any atom is 0.266 e. The van der Waals surface area contributed by atoms with E-state index in [4.69, 9.17) is 15.5 Å². The molecule has 0 aliphatic rings. The van der Waals surface area contributed by atoms with E-state index in [2.05, 4.69) is 17.2 Å². The van der Waals surface area contributed by atoms with Crippen LogP contribution in [0.15, 0.2) is 53.4 Å². The van der Waals surface area contributed by atoms with Crippen molar-refractivity contribution < 1.29 is 9.53 Å². The molecule has 0 saturated heterocycles. The molecule has 0 spiro atoms. The molecule has 1 unspecified atom stereocenters. The van der Waals surface area contributed by atoms with Gasteiger partial charge in [-0.15, -0.1) is 11.8 Å². The van der Waals surface area contributed by atoms with Crippen LogP contribution in [0.2, 0.25) is 0 Å². The van der Waals surface area contributed by atoms with Crippen molar-refractivity contribution >= 4 is 39.6 Å². The third kappa shape index (κ3) is 4.10. The molecule has 166 valence electrons. The van der Waals surface area contributed by atoms with Crippen LogP contribution in [0.1, 0.15) is 36.3 Å². The maximum atomic E-state index is 13.2. The van der Waals surface area contributed by atoms with Gasteiger partial charge in [0, 0.05) is 16.0 Å². The van der Waals surface area contributed by atoms with Gasteiger partial charge in [-0.3, -0.25) is 4.79 Å². The van der Waals surface area contributed by atoms with Crippen LogP contribution >= 0.6 is 11.8 Å². The molecule has 0 bridgehead atoms. The molecule has 0 aliphatic carbocycles. The molecule has 0 amide bonds. The number of benzene rings is 2. The van der Waals surface area contributed by atoms with Gasteiger partial charge in [-0.1, -0.05) is 50.6 Å². The summed E-state index contributed by atoms with van der Waals surface area (Å²) in [5, 5.41) is 6.46. The number of nitrogens with two attached hydrogens (primary N) is 1. The molecule has 0 saturated carbocycles. The Labute approximate surface area is 192 Å². The molecule has 2 heterocycles. The largest absolute Gasteiger partial charge is 0.497 e. The highest BCUT2D eigenvalue weighted by atomic mass is 32.2. The fourth-order valence-corrected chi connectivity index (χ4v) is 4.93. The second kappa shape index (κ2) is 9.30. The van der Waals surface area contributed by atoms with E-state index < -0.39 is 6.04 Å². The zero-order chi connectivity index (χ0) is 22.8. The van der Waals surface area contributed by atoms with Gasteiger partial charge in [0.25, 0.3) is 5.91 Å². The Balaban J connectivity index is 1.90. The Kier molecular flexibility index (Phi) is 6.48. The number of aryl methyl sites for hydroxylation is 1. The van der Waals surface area contributed by atoms with Gasteiger partial charge < -0.3 is 10.5 Å². The monoisotopic (exact) mass is 448 g/mol. The van der Waals surface area contributed by atoms with Crippen LogP contribution in [-0.2, 0) is 5.75 Å². The predicted molar refractivity (Wildman–Crippen MR) is 130 cm³/mol. The number of rotatable bonds is 7. The summed E-state index contributed by atoms with van der Waals surface area (Å²) in [4.78, 5) is 19.1. The van der Waals surface area contributed by atoms with Gasteiger partial charge in [0.05, 0.1) is 29.7 Å². The van der Waals surface area contributed by atoms with Gasteiger partial charge in [-0.2, -0.15) is 9.78 Å². The zero-order valence-corrected chi connectivity index (χ0v) is 19.6. The van der Waals surface area contributed by atoms with Gasteiger partial charge in [0.1, 0.15) is 5.75 Å². The van der Waals surface area contributed by atoms with Crippen molar-refractivity contribution in [2.75, 3.05) is 7.11 Å². The van der Waals surface area contributed by atoms with Crippen molar-refractivity contribution in [1.82, 2.24) is 14.8 Å². The van der Waals surface area contributed by atoms with Crippen LogP contribution in [-0.4, -0.2) is 33.8 Å². The summed E-state index contributed by atoms with van der Waals surface area (Å²) in [5.41, 5.74) is 9.60. The highest BCUT2D eigenvalue weighted by Crippen LogP contribution is 2.38. The molecule has 2 aromatic carbocycles. The molecule has 6 nitrogen and oxygen atoms in total. The van der Waals surface area contributed by atoms with Gasteiger partial charge in [-0.25, -0.2) is 4.98 Å². The summed E-state index contributed by atoms with van der Waals surface area (Å²) in [7, 11) is 1.65. The van der Waals surface area contributed by atoms with Crippen molar-refractivity contribution in [1.29, 1.82) is 0 Å². The van der Waals surface area contributed by atoms with Gasteiger partial charge in [0.15, 0.2) is 5.65 Å². The molecule has 2 aromatic heterocycles. The topological polar surface area (TPSA) is 83.0 Å². The highest BCUT2D eigenvalue weighted by Gasteiger charge is 2.26. The lowest BCUT2D eigenvalue weighted by Gasteiger charge is -2.17. The lowest BCUT2D eigenvalue weighted by Crippen LogP contribution is -2.40. The van der Waals surface area contributed by atoms with Crippen molar-refractivity contribution in [2.24, 2.45) is 11.7 Å². The lowest BCUT2D eigenvalue weighted by atomic mass is 9.99. The molecular formula is C25H28N4O2S. The summed E-state index contributed by atoms with van der Waals surface area (Å²) in [5.74, 6) is 1.38. The first-order chi connectivity index (χ1) is 15.4. The number of hydrogen-bond donors (Lipinski definition) is 1. The Morgan fingerprint density at radius 1 is 1.22 bits per heavy atom. The minimum Gasteiger partial charge on any atom is -0.497 e. The average Bonchev–Trinajstić information content (AvgIpc) is 3.16. The van der Waals surface area contributed by atoms with E-state index in [9.17, 15) is 4.79 Å². The fourth-order valence-electron chi connectivity index (χ4n) is 3.73. The number of methoxy groups -OCH3 is 1. The van der Waals surface area contributed by atoms with Crippen LogP contribution in [0.25, 0.3) is 21.9 Å². The first-order valence-corrected chi connectivity index (χ1v) is 11.8. The van der Waals surface area contributed by atoms with Crippen molar-refractivity contribution in [3.63, 3.8) is 0 Å². The normalized spacial score (nSPS) is 13.4. The number of carbonyl (C=O) groups is 1. The number of nitrogens with zero attached hydrogens (tertiary/aromatic N) is 3. The summed E-state index contributed by atoms with van der Waals surface area (Å²) >= 11 is 1.72. The van der Waals surface area contributed by atoms with Crippen LogP contribution < -0.4 is 10.5 Å². The standard InChI is InChI=1S/C25H28N4O2S/c1-5-15(2)22(26)25(30)29-24-21(16(3)28-29)23(32-14-17-9-7-6-8-10-17)19-13-18(31-4)11-12-20(19)27-24/h6-13,15,22H,5,14,26H2,1-4H3/t15?,22-/m0/s1. The number of carbonyl (C=O) groups excluding carboxylic acids is 1. The molecular weight excluding hydrogens is 420 g/mol. The molecule has 0 fully saturated rings. The second-order valence-corrected chi connectivity index (χ2v) is 9.03. The molecule has 4 aromatic rings. The van der Waals surface area contributed by atoms with Gasteiger partial charge in [-0.05, 0) is 36.6 Å². The lowest BCUT2D eigenvalue weighted by molar-refractivity contribution is 0.0839. The SMILES string of the molecule is CCC(C)[C@H](N)C(=O)n1nc(C)c2c(SCc3ccccc3)c3cc(OC)ccc3nc21.